The predicted molar refractivity (Wildman–Crippen MR) is 145 cm³/mol. The molecule has 1 aromatic heterocycles. The number of benzene rings is 2. The number of hydrogen-bond donors (Lipinski definition) is 2. The number of carbonyl (C=O) groups is 2. The minimum atomic E-state index is -0.0558. The summed E-state index contributed by atoms with van der Waals surface area (Å²) in [5.41, 5.74) is 3.63. The maximum absolute atomic E-state index is 12.8. The van der Waals surface area contributed by atoms with Crippen molar-refractivity contribution in [3.8, 4) is 5.69 Å². The van der Waals surface area contributed by atoms with Gasteiger partial charge in [0.2, 0.25) is 11.8 Å². The second-order valence-corrected chi connectivity index (χ2v) is 9.65. The molecule has 0 bridgehead atoms. The molecule has 0 radical (unpaired) electrons. The summed E-state index contributed by atoms with van der Waals surface area (Å²) in [7, 11) is 0. The van der Waals surface area contributed by atoms with Gasteiger partial charge in [0.1, 0.15) is 5.69 Å². The van der Waals surface area contributed by atoms with Gasteiger partial charge in [-0.25, -0.2) is 4.68 Å². The number of aryl methyl sites for hydroxylation is 2. The SMILES string of the molecule is CCC(=O)Nc1c(C)nn(-c2ccc(Cl)cc2)c1N1CCC(C(=O)NCCCc2ccccc2)CC1. The quantitative estimate of drug-likeness (QED) is 0.393. The van der Waals surface area contributed by atoms with Gasteiger partial charge in [-0.3, -0.25) is 9.59 Å². The third-order valence-corrected chi connectivity index (χ3v) is 6.89. The normalized spacial score (nSPS) is 14.0. The molecule has 4 rings (SSSR count). The minimum absolute atomic E-state index is 0.0142. The van der Waals surface area contributed by atoms with E-state index in [9.17, 15) is 9.59 Å². The summed E-state index contributed by atoms with van der Waals surface area (Å²) in [6, 6.07) is 17.8. The smallest absolute Gasteiger partial charge is 0.224 e. The average Bonchev–Trinajstić information content (AvgIpc) is 3.23. The number of nitrogens with one attached hydrogen (secondary N) is 2. The Hall–Kier alpha value is -3.32. The number of aromatic nitrogens is 2. The zero-order valence-electron chi connectivity index (χ0n) is 21.0. The lowest BCUT2D eigenvalue weighted by Gasteiger charge is -2.33. The fourth-order valence-corrected chi connectivity index (χ4v) is 4.72. The number of hydrogen-bond acceptors (Lipinski definition) is 4. The Morgan fingerprint density at radius 3 is 2.42 bits per heavy atom. The van der Waals surface area contributed by atoms with Gasteiger partial charge in [-0.15, -0.1) is 0 Å². The Kier molecular flexibility index (Phi) is 8.65. The topological polar surface area (TPSA) is 79.3 Å². The van der Waals surface area contributed by atoms with Crippen LogP contribution < -0.4 is 15.5 Å². The first-order valence-electron chi connectivity index (χ1n) is 12.7. The number of nitrogens with zero attached hydrogens (tertiary/aromatic N) is 3. The summed E-state index contributed by atoms with van der Waals surface area (Å²) in [6.07, 6.45) is 3.76. The predicted octanol–water partition coefficient (Wildman–Crippen LogP) is 5.15. The van der Waals surface area contributed by atoms with Crippen molar-refractivity contribution in [2.45, 2.75) is 46.0 Å². The van der Waals surface area contributed by atoms with E-state index in [0.29, 0.717) is 31.1 Å². The molecule has 2 heterocycles. The van der Waals surface area contributed by atoms with Crippen LogP contribution >= 0.6 is 11.6 Å². The van der Waals surface area contributed by atoms with Gasteiger partial charge in [-0.05, 0) is 62.4 Å². The second kappa shape index (κ2) is 12.1. The molecule has 3 aromatic rings. The van der Waals surface area contributed by atoms with Gasteiger partial charge in [0, 0.05) is 37.0 Å². The fraction of sp³-hybridized carbons (Fsp3) is 0.393. The van der Waals surface area contributed by atoms with Crippen LogP contribution in [0.2, 0.25) is 5.02 Å². The first kappa shape index (κ1) is 25.8. The van der Waals surface area contributed by atoms with Crippen molar-refractivity contribution >= 4 is 34.9 Å². The van der Waals surface area contributed by atoms with Crippen LogP contribution in [0.25, 0.3) is 5.69 Å². The van der Waals surface area contributed by atoms with Crippen LogP contribution in [0.4, 0.5) is 11.5 Å². The van der Waals surface area contributed by atoms with Crippen molar-refractivity contribution in [1.82, 2.24) is 15.1 Å². The zero-order chi connectivity index (χ0) is 25.5. The molecule has 36 heavy (non-hydrogen) atoms. The van der Waals surface area contributed by atoms with Crippen LogP contribution in [-0.4, -0.2) is 41.2 Å². The van der Waals surface area contributed by atoms with Gasteiger partial charge in [-0.1, -0.05) is 48.9 Å². The zero-order valence-corrected chi connectivity index (χ0v) is 21.7. The van der Waals surface area contributed by atoms with Crippen molar-refractivity contribution in [3.05, 3.63) is 70.9 Å². The monoisotopic (exact) mass is 507 g/mol. The van der Waals surface area contributed by atoms with Crippen LogP contribution in [0.3, 0.4) is 0 Å². The van der Waals surface area contributed by atoms with E-state index in [0.717, 1.165) is 48.6 Å². The molecule has 8 heteroatoms. The molecular formula is C28H34ClN5O2. The molecule has 1 aliphatic heterocycles. The number of carbonyl (C=O) groups excluding carboxylic acids is 2. The molecule has 1 fully saturated rings. The maximum Gasteiger partial charge on any atom is 0.224 e. The van der Waals surface area contributed by atoms with Gasteiger partial charge < -0.3 is 15.5 Å². The lowest BCUT2D eigenvalue weighted by Crippen LogP contribution is -2.41. The van der Waals surface area contributed by atoms with E-state index in [-0.39, 0.29) is 17.7 Å². The first-order valence-corrected chi connectivity index (χ1v) is 13.1. The summed E-state index contributed by atoms with van der Waals surface area (Å²) < 4.78 is 1.86. The van der Waals surface area contributed by atoms with Gasteiger partial charge in [0.15, 0.2) is 5.82 Å². The summed E-state index contributed by atoms with van der Waals surface area (Å²) in [6.45, 7) is 5.82. The van der Waals surface area contributed by atoms with Crippen LogP contribution in [0.5, 0.6) is 0 Å². The third kappa shape index (κ3) is 6.26. The summed E-state index contributed by atoms with van der Waals surface area (Å²) >= 11 is 6.10. The number of amides is 2. The Balaban J connectivity index is 1.41. The standard InChI is InChI=1S/C28H34ClN5O2/c1-3-25(35)31-26-20(2)32-34(24-13-11-23(29)12-14-24)28(26)33-18-15-22(16-19-33)27(36)30-17-7-10-21-8-5-4-6-9-21/h4-6,8-9,11-14,22H,3,7,10,15-19H2,1-2H3,(H,30,36)(H,31,35). The molecule has 190 valence electrons. The Bertz CT molecular complexity index is 1170. The van der Waals surface area contributed by atoms with Crippen LogP contribution in [0, 0.1) is 12.8 Å². The van der Waals surface area contributed by atoms with Crippen LogP contribution in [0.1, 0.15) is 43.9 Å². The fourth-order valence-electron chi connectivity index (χ4n) is 4.59. The molecule has 0 aliphatic carbocycles. The van der Waals surface area contributed by atoms with Gasteiger partial charge >= 0.3 is 0 Å². The summed E-state index contributed by atoms with van der Waals surface area (Å²) in [5, 5.41) is 11.6. The summed E-state index contributed by atoms with van der Waals surface area (Å²) in [5.74, 6) is 0.905. The molecule has 0 saturated carbocycles. The minimum Gasteiger partial charge on any atom is -0.356 e. The molecule has 0 spiro atoms. The first-order chi connectivity index (χ1) is 17.5. The lowest BCUT2D eigenvalue weighted by atomic mass is 9.95. The third-order valence-electron chi connectivity index (χ3n) is 6.64. The van der Waals surface area contributed by atoms with Crippen LogP contribution in [-0.2, 0) is 16.0 Å². The average molecular weight is 508 g/mol. The van der Waals surface area contributed by atoms with Gasteiger partial charge in [-0.2, -0.15) is 5.10 Å². The van der Waals surface area contributed by atoms with E-state index in [1.807, 2.05) is 61.0 Å². The van der Waals surface area contributed by atoms with Crippen molar-refractivity contribution in [1.29, 1.82) is 0 Å². The molecule has 2 amide bonds. The van der Waals surface area contributed by atoms with Crippen LogP contribution in [0.15, 0.2) is 54.6 Å². The van der Waals surface area contributed by atoms with E-state index in [4.69, 9.17) is 16.7 Å². The number of piperidine rings is 1. The molecule has 2 N–H and O–H groups in total. The van der Waals surface area contributed by atoms with Crippen molar-refractivity contribution in [2.24, 2.45) is 5.92 Å². The number of anilines is 2. The molecule has 0 unspecified atom stereocenters. The van der Waals surface area contributed by atoms with E-state index < -0.39 is 0 Å². The van der Waals surface area contributed by atoms with Crippen molar-refractivity contribution in [3.63, 3.8) is 0 Å². The summed E-state index contributed by atoms with van der Waals surface area (Å²) in [4.78, 5) is 27.3. The van der Waals surface area contributed by atoms with Gasteiger partial charge in [0.05, 0.1) is 11.4 Å². The highest BCUT2D eigenvalue weighted by Crippen LogP contribution is 2.35. The number of halogens is 1. The Labute approximate surface area is 217 Å². The van der Waals surface area contributed by atoms with Crippen molar-refractivity contribution < 1.29 is 9.59 Å². The molecule has 7 nitrogen and oxygen atoms in total. The molecule has 1 saturated heterocycles. The Morgan fingerprint density at radius 2 is 1.75 bits per heavy atom. The molecular weight excluding hydrogens is 474 g/mol. The van der Waals surface area contributed by atoms with Crippen molar-refractivity contribution in [2.75, 3.05) is 29.9 Å². The maximum atomic E-state index is 12.8. The van der Waals surface area contributed by atoms with Gasteiger partial charge in [0.25, 0.3) is 0 Å². The highest BCUT2D eigenvalue weighted by Gasteiger charge is 2.30. The van der Waals surface area contributed by atoms with E-state index in [1.54, 1.807) is 0 Å². The molecule has 1 aliphatic rings. The van der Waals surface area contributed by atoms with E-state index >= 15 is 0 Å². The molecule has 0 atom stereocenters. The second-order valence-electron chi connectivity index (χ2n) is 9.22. The number of rotatable bonds is 9. The molecule has 2 aromatic carbocycles. The Morgan fingerprint density at radius 1 is 1.06 bits per heavy atom. The van der Waals surface area contributed by atoms with E-state index in [2.05, 4.69) is 27.7 Å². The largest absolute Gasteiger partial charge is 0.356 e. The highest BCUT2D eigenvalue weighted by atomic mass is 35.5. The lowest BCUT2D eigenvalue weighted by molar-refractivity contribution is -0.125. The highest BCUT2D eigenvalue weighted by molar-refractivity contribution is 6.30. The van der Waals surface area contributed by atoms with E-state index in [1.165, 1.54) is 5.56 Å².